The number of hydrogen-bond acceptors (Lipinski definition) is 3. The second kappa shape index (κ2) is 6.21. The van der Waals surface area contributed by atoms with Gasteiger partial charge in [0.05, 0.1) is 6.54 Å². The van der Waals surface area contributed by atoms with Crippen LogP contribution in [0.5, 0.6) is 0 Å². The van der Waals surface area contributed by atoms with Crippen molar-refractivity contribution in [2.75, 3.05) is 6.54 Å². The highest BCUT2D eigenvalue weighted by Gasteiger charge is 2.02. The Bertz CT molecular complexity index is 436. The highest BCUT2D eigenvalue weighted by Crippen LogP contribution is 2.12. The van der Waals surface area contributed by atoms with Gasteiger partial charge in [0.15, 0.2) is 0 Å². The molecule has 0 fully saturated rings. The molecule has 17 heavy (non-hydrogen) atoms. The highest BCUT2D eigenvalue weighted by molar-refractivity contribution is 5.18. The van der Waals surface area contributed by atoms with Gasteiger partial charge < -0.3 is 9.73 Å². The van der Waals surface area contributed by atoms with E-state index in [1.165, 1.54) is 5.56 Å². The zero-order chi connectivity index (χ0) is 11.9. The molecule has 0 aliphatic rings. The minimum absolute atomic E-state index is 0.806. The van der Waals surface area contributed by atoms with E-state index < -0.39 is 0 Å². The minimum Gasteiger partial charge on any atom is -0.464 e. The Balaban J connectivity index is 1.90. The average molecular weight is 230 g/mol. The monoisotopic (exact) mass is 230 g/mol. The Kier molecular flexibility index (Phi) is 4.33. The standard InChI is InChI=1S/C14H18N2O/c1-2-7-15-11-14-6-5-13(17-14)9-12-4-3-8-16-10-12/h3-6,8,10,15H,2,7,9,11H2,1H3. The Morgan fingerprint density at radius 3 is 2.88 bits per heavy atom. The first kappa shape index (κ1) is 11.9. The molecule has 0 bridgehead atoms. The van der Waals surface area contributed by atoms with Gasteiger partial charge in [-0.3, -0.25) is 4.98 Å². The van der Waals surface area contributed by atoms with Crippen molar-refractivity contribution in [3.63, 3.8) is 0 Å². The molecule has 0 aliphatic heterocycles. The Hall–Kier alpha value is -1.61. The first-order valence-corrected chi connectivity index (χ1v) is 6.05. The molecule has 0 saturated carbocycles. The molecule has 0 amide bonds. The summed E-state index contributed by atoms with van der Waals surface area (Å²) in [6, 6.07) is 8.08. The average Bonchev–Trinajstić information content (AvgIpc) is 2.79. The summed E-state index contributed by atoms with van der Waals surface area (Å²) in [4.78, 5) is 4.09. The van der Waals surface area contributed by atoms with E-state index in [9.17, 15) is 0 Å². The summed E-state index contributed by atoms with van der Waals surface area (Å²) in [5.41, 5.74) is 1.18. The molecule has 90 valence electrons. The van der Waals surface area contributed by atoms with Crippen molar-refractivity contribution in [2.24, 2.45) is 0 Å². The summed E-state index contributed by atoms with van der Waals surface area (Å²) >= 11 is 0. The van der Waals surface area contributed by atoms with Gasteiger partial charge >= 0.3 is 0 Å². The van der Waals surface area contributed by atoms with Gasteiger partial charge in [-0.05, 0) is 36.7 Å². The van der Waals surface area contributed by atoms with Crippen LogP contribution in [0.3, 0.4) is 0 Å². The summed E-state index contributed by atoms with van der Waals surface area (Å²) in [6.45, 7) is 3.99. The van der Waals surface area contributed by atoms with Crippen molar-refractivity contribution in [1.29, 1.82) is 0 Å². The predicted octanol–water partition coefficient (Wildman–Crippen LogP) is 2.77. The number of furan rings is 1. The van der Waals surface area contributed by atoms with Gasteiger partial charge in [-0.2, -0.15) is 0 Å². The lowest BCUT2D eigenvalue weighted by molar-refractivity contribution is 0.453. The minimum atomic E-state index is 0.806. The summed E-state index contributed by atoms with van der Waals surface area (Å²) in [5.74, 6) is 1.99. The normalized spacial score (nSPS) is 10.6. The van der Waals surface area contributed by atoms with Crippen LogP contribution in [0.4, 0.5) is 0 Å². The molecule has 2 rings (SSSR count). The third kappa shape index (κ3) is 3.71. The van der Waals surface area contributed by atoms with Gasteiger partial charge in [0, 0.05) is 18.8 Å². The lowest BCUT2D eigenvalue weighted by atomic mass is 10.2. The molecule has 0 saturated heterocycles. The van der Waals surface area contributed by atoms with Crippen LogP contribution in [0, 0.1) is 0 Å². The molecule has 2 heterocycles. The number of aromatic nitrogens is 1. The first-order chi connectivity index (χ1) is 8.38. The molecule has 0 unspecified atom stereocenters. The van der Waals surface area contributed by atoms with E-state index in [0.717, 1.165) is 37.5 Å². The van der Waals surface area contributed by atoms with Crippen LogP contribution >= 0.6 is 0 Å². The summed E-state index contributed by atoms with van der Waals surface area (Å²) in [5, 5.41) is 3.32. The van der Waals surface area contributed by atoms with Crippen molar-refractivity contribution in [3.05, 3.63) is 53.7 Å². The highest BCUT2D eigenvalue weighted by atomic mass is 16.3. The molecule has 3 nitrogen and oxygen atoms in total. The third-order valence-electron chi connectivity index (χ3n) is 2.54. The molecule has 2 aromatic rings. The van der Waals surface area contributed by atoms with Crippen LogP contribution in [-0.2, 0) is 13.0 Å². The summed E-state index contributed by atoms with van der Waals surface area (Å²) in [7, 11) is 0. The van der Waals surface area contributed by atoms with Crippen LogP contribution in [-0.4, -0.2) is 11.5 Å². The lowest BCUT2D eigenvalue weighted by Gasteiger charge is -1.99. The SMILES string of the molecule is CCCNCc1ccc(Cc2cccnc2)o1. The number of pyridine rings is 1. The second-order valence-electron chi connectivity index (χ2n) is 4.08. The number of hydrogen-bond donors (Lipinski definition) is 1. The van der Waals surface area contributed by atoms with Gasteiger partial charge in [-0.15, -0.1) is 0 Å². The molecule has 1 N–H and O–H groups in total. The van der Waals surface area contributed by atoms with Gasteiger partial charge in [0.2, 0.25) is 0 Å². The van der Waals surface area contributed by atoms with E-state index in [-0.39, 0.29) is 0 Å². The van der Waals surface area contributed by atoms with E-state index in [2.05, 4.69) is 23.3 Å². The lowest BCUT2D eigenvalue weighted by Crippen LogP contribution is -2.13. The molecular formula is C14H18N2O. The van der Waals surface area contributed by atoms with E-state index in [1.54, 1.807) is 6.20 Å². The van der Waals surface area contributed by atoms with Gasteiger partial charge in [0.1, 0.15) is 11.5 Å². The largest absolute Gasteiger partial charge is 0.464 e. The molecule has 0 atom stereocenters. The van der Waals surface area contributed by atoms with E-state index in [1.807, 2.05) is 24.4 Å². The molecule has 0 spiro atoms. The van der Waals surface area contributed by atoms with E-state index in [0.29, 0.717) is 0 Å². The van der Waals surface area contributed by atoms with Gasteiger partial charge in [-0.1, -0.05) is 13.0 Å². The molecule has 0 aliphatic carbocycles. The molecular weight excluding hydrogens is 212 g/mol. The van der Waals surface area contributed by atoms with Crippen LogP contribution < -0.4 is 5.32 Å². The maximum Gasteiger partial charge on any atom is 0.117 e. The maximum atomic E-state index is 5.74. The fraction of sp³-hybridized carbons (Fsp3) is 0.357. The Labute approximate surface area is 102 Å². The zero-order valence-electron chi connectivity index (χ0n) is 10.1. The van der Waals surface area contributed by atoms with Crippen molar-refractivity contribution in [2.45, 2.75) is 26.3 Å². The topological polar surface area (TPSA) is 38.1 Å². The number of rotatable bonds is 6. The van der Waals surface area contributed by atoms with Crippen LogP contribution in [0.25, 0.3) is 0 Å². The zero-order valence-corrected chi connectivity index (χ0v) is 10.1. The molecule has 2 aromatic heterocycles. The smallest absolute Gasteiger partial charge is 0.117 e. The maximum absolute atomic E-state index is 5.74. The van der Waals surface area contributed by atoms with Gasteiger partial charge in [-0.25, -0.2) is 0 Å². The van der Waals surface area contributed by atoms with Crippen molar-refractivity contribution < 1.29 is 4.42 Å². The third-order valence-corrected chi connectivity index (χ3v) is 2.54. The quantitative estimate of drug-likeness (QED) is 0.775. The van der Waals surface area contributed by atoms with Crippen LogP contribution in [0.2, 0.25) is 0 Å². The number of nitrogens with zero attached hydrogens (tertiary/aromatic N) is 1. The fourth-order valence-electron chi connectivity index (χ4n) is 1.70. The molecule has 0 aromatic carbocycles. The van der Waals surface area contributed by atoms with E-state index >= 15 is 0 Å². The Morgan fingerprint density at radius 1 is 1.24 bits per heavy atom. The Morgan fingerprint density at radius 2 is 2.12 bits per heavy atom. The van der Waals surface area contributed by atoms with Crippen molar-refractivity contribution in [3.8, 4) is 0 Å². The van der Waals surface area contributed by atoms with E-state index in [4.69, 9.17) is 4.42 Å². The number of nitrogens with one attached hydrogen (secondary N) is 1. The summed E-state index contributed by atoms with van der Waals surface area (Å²) in [6.07, 6.45) is 5.61. The molecule has 0 radical (unpaired) electrons. The van der Waals surface area contributed by atoms with Crippen LogP contribution in [0.1, 0.15) is 30.4 Å². The van der Waals surface area contributed by atoms with Crippen molar-refractivity contribution >= 4 is 0 Å². The molecule has 3 heteroatoms. The predicted molar refractivity (Wildman–Crippen MR) is 67.7 cm³/mol. The summed E-state index contributed by atoms with van der Waals surface area (Å²) < 4.78 is 5.74. The first-order valence-electron chi connectivity index (χ1n) is 6.05. The van der Waals surface area contributed by atoms with Gasteiger partial charge in [0.25, 0.3) is 0 Å². The second-order valence-corrected chi connectivity index (χ2v) is 4.08. The van der Waals surface area contributed by atoms with Crippen LogP contribution in [0.15, 0.2) is 41.1 Å². The fourth-order valence-corrected chi connectivity index (χ4v) is 1.70. The van der Waals surface area contributed by atoms with Crippen molar-refractivity contribution in [1.82, 2.24) is 10.3 Å².